The molecule has 0 bridgehead atoms. The highest BCUT2D eigenvalue weighted by Gasteiger charge is 2.11. The van der Waals surface area contributed by atoms with Crippen LogP contribution in [-0.2, 0) is 13.1 Å². The molecule has 0 aliphatic rings. The van der Waals surface area contributed by atoms with Gasteiger partial charge in [0.2, 0.25) is 0 Å². The lowest BCUT2D eigenvalue weighted by Crippen LogP contribution is -2.02. The maximum atomic E-state index is 4.42. The summed E-state index contributed by atoms with van der Waals surface area (Å²) in [4.78, 5) is 0. The molecule has 0 aliphatic heterocycles. The van der Waals surface area contributed by atoms with Crippen LogP contribution in [0.2, 0.25) is 0 Å². The van der Waals surface area contributed by atoms with Crippen molar-refractivity contribution >= 4 is 21.8 Å². The zero-order valence-corrected chi connectivity index (χ0v) is 15.2. The molecule has 4 nitrogen and oxygen atoms in total. The van der Waals surface area contributed by atoms with Gasteiger partial charge < -0.3 is 4.57 Å². The molecule has 0 fully saturated rings. The Morgan fingerprint density at radius 3 is 2.07 bits per heavy atom. The number of hydrogen-bond donors (Lipinski definition) is 0. The molecule has 0 aliphatic carbocycles. The van der Waals surface area contributed by atoms with Gasteiger partial charge in [-0.15, -0.1) is 5.10 Å². The molecule has 0 atom stereocenters. The van der Waals surface area contributed by atoms with E-state index in [0.29, 0.717) is 6.54 Å². The number of aromatic nitrogens is 4. The van der Waals surface area contributed by atoms with Crippen molar-refractivity contribution in [1.82, 2.24) is 19.6 Å². The van der Waals surface area contributed by atoms with Gasteiger partial charge in [-0.1, -0.05) is 65.9 Å². The number of aryl methyl sites for hydroxylation is 1. The fourth-order valence-electron chi connectivity index (χ4n) is 3.79. The number of benzene rings is 3. The first-order valence-corrected chi connectivity index (χ1v) is 9.19. The van der Waals surface area contributed by atoms with Crippen LogP contribution in [0, 0.1) is 6.92 Å². The summed E-state index contributed by atoms with van der Waals surface area (Å²) in [5, 5.41) is 11.3. The summed E-state index contributed by atoms with van der Waals surface area (Å²) in [5.74, 6) is 0. The number of nitrogens with zero attached hydrogens (tertiary/aromatic N) is 4. The summed E-state index contributed by atoms with van der Waals surface area (Å²) < 4.78 is 4.25. The van der Waals surface area contributed by atoms with Crippen LogP contribution < -0.4 is 0 Å². The van der Waals surface area contributed by atoms with Crippen LogP contribution in [0.4, 0.5) is 0 Å². The lowest BCUT2D eigenvalue weighted by Gasteiger charge is -2.05. The Labute approximate surface area is 157 Å². The Balaban J connectivity index is 1.51. The van der Waals surface area contributed by atoms with E-state index in [9.17, 15) is 0 Å². The van der Waals surface area contributed by atoms with Crippen LogP contribution in [0.3, 0.4) is 0 Å². The van der Waals surface area contributed by atoms with E-state index in [2.05, 4.69) is 101 Å². The van der Waals surface area contributed by atoms with Crippen LogP contribution in [0.5, 0.6) is 0 Å². The van der Waals surface area contributed by atoms with Gasteiger partial charge in [0.25, 0.3) is 0 Å². The minimum atomic E-state index is 0.710. The molecule has 5 aromatic rings. The van der Waals surface area contributed by atoms with Crippen LogP contribution in [0.1, 0.15) is 16.8 Å². The lowest BCUT2D eigenvalue weighted by molar-refractivity contribution is 0.647. The molecule has 132 valence electrons. The molecular formula is C23H20N4. The first-order valence-electron chi connectivity index (χ1n) is 9.19. The van der Waals surface area contributed by atoms with E-state index < -0.39 is 0 Å². The van der Waals surface area contributed by atoms with Crippen LogP contribution in [-0.4, -0.2) is 19.6 Å². The minimum Gasteiger partial charge on any atom is -0.334 e. The molecule has 0 radical (unpaired) electrons. The van der Waals surface area contributed by atoms with Crippen LogP contribution in [0.25, 0.3) is 21.8 Å². The minimum absolute atomic E-state index is 0.710. The molecule has 0 unspecified atom stereocenters. The molecule has 0 saturated carbocycles. The largest absolute Gasteiger partial charge is 0.334 e. The molecule has 2 aromatic heterocycles. The molecule has 0 N–H and O–H groups in total. The fraction of sp³-hybridized carbons (Fsp3) is 0.130. The van der Waals surface area contributed by atoms with Crippen molar-refractivity contribution in [2.24, 2.45) is 0 Å². The second-order valence-corrected chi connectivity index (χ2v) is 6.95. The Kier molecular flexibility index (Phi) is 3.75. The van der Waals surface area contributed by atoms with Crippen molar-refractivity contribution in [3.8, 4) is 0 Å². The third kappa shape index (κ3) is 2.79. The van der Waals surface area contributed by atoms with Gasteiger partial charge in [-0.2, -0.15) is 0 Å². The molecule has 0 amide bonds. The van der Waals surface area contributed by atoms with Crippen LogP contribution >= 0.6 is 0 Å². The van der Waals surface area contributed by atoms with Gasteiger partial charge in [0.15, 0.2) is 0 Å². The first kappa shape index (κ1) is 15.8. The number of rotatable bonds is 4. The summed E-state index contributed by atoms with van der Waals surface area (Å²) in [5.41, 5.74) is 5.97. The topological polar surface area (TPSA) is 35.6 Å². The number of para-hydroxylation sites is 2. The van der Waals surface area contributed by atoms with Crippen molar-refractivity contribution < 1.29 is 0 Å². The van der Waals surface area contributed by atoms with Crippen LogP contribution in [0.15, 0.2) is 79.0 Å². The van der Waals surface area contributed by atoms with E-state index in [-0.39, 0.29) is 0 Å². The number of fused-ring (bicyclic) bond motifs is 3. The maximum absolute atomic E-state index is 4.42. The van der Waals surface area contributed by atoms with E-state index in [1.807, 2.05) is 4.68 Å². The zero-order valence-electron chi connectivity index (χ0n) is 15.2. The summed E-state index contributed by atoms with van der Waals surface area (Å²) in [6.07, 6.45) is 2.05. The lowest BCUT2D eigenvalue weighted by atomic mass is 10.1. The molecule has 5 rings (SSSR count). The summed E-state index contributed by atoms with van der Waals surface area (Å²) in [7, 11) is 0. The quantitative estimate of drug-likeness (QED) is 0.466. The molecule has 0 saturated heterocycles. The second-order valence-electron chi connectivity index (χ2n) is 6.95. The summed E-state index contributed by atoms with van der Waals surface area (Å²) in [6.45, 7) is 3.58. The Hall–Kier alpha value is -3.40. The molecular weight excluding hydrogens is 332 g/mol. The number of hydrogen-bond acceptors (Lipinski definition) is 2. The second kappa shape index (κ2) is 6.40. The Bertz CT molecular complexity index is 1190. The van der Waals surface area contributed by atoms with Gasteiger partial charge in [0.05, 0.1) is 19.3 Å². The molecule has 4 heteroatoms. The molecule has 3 aromatic carbocycles. The van der Waals surface area contributed by atoms with Gasteiger partial charge in [-0.05, 0) is 30.2 Å². The highest BCUT2D eigenvalue weighted by atomic mass is 15.4. The van der Waals surface area contributed by atoms with Crippen molar-refractivity contribution in [2.75, 3.05) is 0 Å². The average Bonchev–Trinajstić information content (AvgIpc) is 3.27. The van der Waals surface area contributed by atoms with Crippen molar-refractivity contribution in [1.29, 1.82) is 0 Å². The summed E-state index contributed by atoms with van der Waals surface area (Å²) in [6, 6.07) is 25.5. The van der Waals surface area contributed by atoms with Crippen molar-refractivity contribution in [2.45, 2.75) is 20.0 Å². The molecule has 2 heterocycles. The van der Waals surface area contributed by atoms with Crippen molar-refractivity contribution in [3.05, 3.63) is 95.8 Å². The standard InChI is InChI=1S/C23H20N4/c1-17-8-2-3-9-18(17)14-26-15-19(24-25-26)16-27-22-12-6-4-10-20(22)21-11-5-7-13-23(21)27/h2-13,15H,14,16H2,1H3. The average molecular weight is 352 g/mol. The summed E-state index contributed by atoms with van der Waals surface area (Å²) >= 11 is 0. The third-order valence-electron chi connectivity index (χ3n) is 5.18. The van der Waals surface area contributed by atoms with Crippen molar-refractivity contribution in [3.63, 3.8) is 0 Å². The van der Waals surface area contributed by atoms with Gasteiger partial charge in [0, 0.05) is 21.8 Å². The van der Waals surface area contributed by atoms with Gasteiger partial charge in [-0.25, -0.2) is 4.68 Å². The molecule has 0 spiro atoms. The van der Waals surface area contributed by atoms with E-state index in [4.69, 9.17) is 0 Å². The van der Waals surface area contributed by atoms with Gasteiger partial charge >= 0.3 is 0 Å². The van der Waals surface area contributed by atoms with E-state index in [1.54, 1.807) is 0 Å². The predicted molar refractivity (Wildman–Crippen MR) is 109 cm³/mol. The first-order chi connectivity index (χ1) is 13.3. The monoisotopic (exact) mass is 352 g/mol. The predicted octanol–water partition coefficient (Wildman–Crippen LogP) is 4.79. The fourth-order valence-corrected chi connectivity index (χ4v) is 3.79. The smallest absolute Gasteiger partial charge is 0.102 e. The SMILES string of the molecule is Cc1ccccc1Cn1cc(Cn2c3ccccc3c3ccccc32)nn1. The maximum Gasteiger partial charge on any atom is 0.102 e. The highest BCUT2D eigenvalue weighted by molar-refractivity contribution is 6.07. The van der Waals surface area contributed by atoms with E-state index >= 15 is 0 Å². The Morgan fingerprint density at radius 2 is 1.37 bits per heavy atom. The third-order valence-corrected chi connectivity index (χ3v) is 5.18. The van der Waals surface area contributed by atoms with E-state index in [1.165, 1.54) is 32.9 Å². The van der Waals surface area contributed by atoms with Gasteiger partial charge in [-0.3, -0.25) is 0 Å². The normalized spacial score (nSPS) is 11.4. The van der Waals surface area contributed by atoms with E-state index in [0.717, 1.165) is 12.2 Å². The molecule has 27 heavy (non-hydrogen) atoms. The Morgan fingerprint density at radius 1 is 0.741 bits per heavy atom. The zero-order chi connectivity index (χ0) is 18.2. The van der Waals surface area contributed by atoms with Gasteiger partial charge in [0.1, 0.15) is 5.69 Å². The highest BCUT2D eigenvalue weighted by Crippen LogP contribution is 2.29.